The number of nitrogens with zero attached hydrogens (tertiary/aromatic N) is 3. The Bertz CT molecular complexity index is 577. The van der Waals surface area contributed by atoms with Crippen LogP contribution in [-0.2, 0) is 21.4 Å². The van der Waals surface area contributed by atoms with Crippen LogP contribution in [0.5, 0.6) is 0 Å². The van der Waals surface area contributed by atoms with Crippen LogP contribution < -0.4 is 0 Å². The zero-order valence-electron chi connectivity index (χ0n) is 14.7. The first-order valence-corrected chi connectivity index (χ1v) is 8.61. The summed E-state index contributed by atoms with van der Waals surface area (Å²) in [4.78, 5) is 29.5. The van der Waals surface area contributed by atoms with Crippen molar-refractivity contribution < 1.29 is 19.2 Å². The smallest absolute Gasteiger partial charge is 0.303 e. The third-order valence-electron chi connectivity index (χ3n) is 4.33. The van der Waals surface area contributed by atoms with Crippen molar-refractivity contribution in [1.82, 2.24) is 15.0 Å². The molecule has 0 radical (unpaired) electrons. The number of rotatable bonds is 6. The zero-order chi connectivity index (χ0) is 17.7. The first-order valence-electron chi connectivity index (χ1n) is 8.61. The van der Waals surface area contributed by atoms with Crippen LogP contribution in [0.2, 0.25) is 0 Å². The van der Waals surface area contributed by atoms with E-state index in [-0.39, 0.29) is 23.8 Å². The molecule has 7 heteroatoms. The van der Waals surface area contributed by atoms with Crippen molar-refractivity contribution in [2.45, 2.75) is 77.2 Å². The van der Waals surface area contributed by atoms with E-state index in [2.05, 4.69) is 10.1 Å². The lowest BCUT2D eigenvalue weighted by Crippen LogP contribution is -2.44. The number of aromatic nitrogens is 2. The summed E-state index contributed by atoms with van der Waals surface area (Å²) in [6.07, 6.45) is 4.27. The predicted octanol–water partition coefficient (Wildman–Crippen LogP) is 2.55. The summed E-state index contributed by atoms with van der Waals surface area (Å²) in [6.45, 7) is 6.73. The molecule has 1 fully saturated rings. The summed E-state index contributed by atoms with van der Waals surface area (Å²) in [6, 6.07) is 0.0372. The summed E-state index contributed by atoms with van der Waals surface area (Å²) in [5, 5.41) is 12.8. The largest absolute Gasteiger partial charge is 0.481 e. The highest BCUT2D eigenvalue weighted by Gasteiger charge is 2.27. The maximum absolute atomic E-state index is 12.5. The second kappa shape index (κ2) is 7.77. The van der Waals surface area contributed by atoms with Crippen LogP contribution in [0.4, 0.5) is 0 Å². The van der Waals surface area contributed by atoms with Gasteiger partial charge in [-0.1, -0.05) is 25.9 Å². The molecule has 7 nitrogen and oxygen atoms in total. The molecule has 2 rings (SSSR count). The van der Waals surface area contributed by atoms with Crippen molar-refractivity contribution in [3.05, 3.63) is 11.7 Å². The van der Waals surface area contributed by atoms with E-state index >= 15 is 0 Å². The van der Waals surface area contributed by atoms with E-state index in [0.29, 0.717) is 37.5 Å². The standard InChI is InChI=1S/C17H27N3O4/c1-17(2,3)16-18-13(24-19-16)8-9-14(21)20-11-5-4-6-12(20)7-10-15(22)23/h12H,4-11H2,1-3H3,(H,22,23)/t12-/m1/s1. The molecule has 1 aliphatic rings. The molecule has 24 heavy (non-hydrogen) atoms. The Morgan fingerprint density at radius 2 is 2.04 bits per heavy atom. The number of amides is 1. The average molecular weight is 337 g/mol. The van der Waals surface area contributed by atoms with Gasteiger partial charge in [0.1, 0.15) is 0 Å². The van der Waals surface area contributed by atoms with Crippen LogP contribution in [0.1, 0.15) is 71.0 Å². The van der Waals surface area contributed by atoms with Crippen molar-refractivity contribution in [1.29, 1.82) is 0 Å². The van der Waals surface area contributed by atoms with Crippen molar-refractivity contribution in [2.75, 3.05) is 6.54 Å². The molecule has 0 aliphatic carbocycles. The summed E-state index contributed by atoms with van der Waals surface area (Å²) >= 11 is 0. The molecule has 134 valence electrons. The van der Waals surface area contributed by atoms with Gasteiger partial charge < -0.3 is 14.5 Å². The predicted molar refractivity (Wildman–Crippen MR) is 87.5 cm³/mol. The van der Waals surface area contributed by atoms with E-state index in [1.54, 1.807) is 0 Å². The fourth-order valence-corrected chi connectivity index (χ4v) is 2.94. The number of carboxylic acid groups (broad SMARTS) is 1. The Kier molecular flexibility index (Phi) is 5.96. The van der Waals surface area contributed by atoms with E-state index in [9.17, 15) is 9.59 Å². The lowest BCUT2D eigenvalue weighted by molar-refractivity contribution is -0.140. The molecule has 1 amide bonds. The fourth-order valence-electron chi connectivity index (χ4n) is 2.94. The highest BCUT2D eigenvalue weighted by atomic mass is 16.5. The number of hydrogen-bond donors (Lipinski definition) is 1. The molecule has 2 heterocycles. The van der Waals surface area contributed by atoms with E-state index < -0.39 is 5.97 Å². The van der Waals surface area contributed by atoms with E-state index in [1.807, 2.05) is 25.7 Å². The molecule has 0 spiro atoms. The summed E-state index contributed by atoms with van der Waals surface area (Å²) in [7, 11) is 0. The molecule has 0 aromatic carbocycles. The highest BCUT2D eigenvalue weighted by Crippen LogP contribution is 2.23. The van der Waals surface area contributed by atoms with Gasteiger partial charge in [-0.3, -0.25) is 9.59 Å². The Morgan fingerprint density at radius 3 is 2.67 bits per heavy atom. The fraction of sp³-hybridized carbons (Fsp3) is 0.765. The van der Waals surface area contributed by atoms with Gasteiger partial charge in [-0.25, -0.2) is 0 Å². The number of aryl methyl sites for hydroxylation is 1. The van der Waals surface area contributed by atoms with Crippen LogP contribution in [-0.4, -0.2) is 44.6 Å². The molecule has 1 aromatic heterocycles. The van der Waals surface area contributed by atoms with Gasteiger partial charge in [-0.2, -0.15) is 4.98 Å². The van der Waals surface area contributed by atoms with E-state index in [0.717, 1.165) is 19.3 Å². The SMILES string of the molecule is CC(C)(C)c1noc(CCC(=O)N2CCCC[C@@H]2CCC(=O)O)n1. The normalized spacial score (nSPS) is 18.6. The van der Waals surface area contributed by atoms with Crippen LogP contribution in [0.3, 0.4) is 0 Å². The van der Waals surface area contributed by atoms with Gasteiger partial charge in [0, 0.05) is 37.3 Å². The van der Waals surface area contributed by atoms with Crippen molar-refractivity contribution in [3.63, 3.8) is 0 Å². The number of carboxylic acids is 1. The third-order valence-corrected chi connectivity index (χ3v) is 4.33. The summed E-state index contributed by atoms with van der Waals surface area (Å²) < 4.78 is 5.23. The molecule has 1 aromatic rings. The number of carbonyl (C=O) groups is 2. The average Bonchev–Trinajstić information content (AvgIpc) is 3.00. The zero-order valence-corrected chi connectivity index (χ0v) is 14.7. The number of hydrogen-bond acceptors (Lipinski definition) is 5. The minimum atomic E-state index is -0.812. The second-order valence-electron chi connectivity index (χ2n) is 7.43. The monoisotopic (exact) mass is 337 g/mol. The molecule has 1 atom stereocenters. The molecule has 1 saturated heterocycles. The Hall–Kier alpha value is -1.92. The highest BCUT2D eigenvalue weighted by molar-refractivity contribution is 5.77. The number of carbonyl (C=O) groups excluding carboxylic acids is 1. The first-order chi connectivity index (χ1) is 11.3. The maximum atomic E-state index is 12.5. The molecule has 1 N–H and O–H groups in total. The topological polar surface area (TPSA) is 96.5 Å². The van der Waals surface area contributed by atoms with Crippen LogP contribution in [0.15, 0.2) is 4.52 Å². The summed E-state index contributed by atoms with van der Waals surface area (Å²) in [5.74, 6) is 0.351. The van der Waals surface area contributed by atoms with Crippen molar-refractivity contribution in [3.8, 4) is 0 Å². The van der Waals surface area contributed by atoms with Gasteiger partial charge in [-0.15, -0.1) is 0 Å². The second-order valence-corrected chi connectivity index (χ2v) is 7.43. The van der Waals surface area contributed by atoms with Crippen LogP contribution >= 0.6 is 0 Å². The maximum Gasteiger partial charge on any atom is 0.303 e. The van der Waals surface area contributed by atoms with Gasteiger partial charge in [0.2, 0.25) is 11.8 Å². The lowest BCUT2D eigenvalue weighted by atomic mass is 9.96. The van der Waals surface area contributed by atoms with E-state index in [4.69, 9.17) is 9.63 Å². The van der Waals surface area contributed by atoms with Crippen molar-refractivity contribution in [2.24, 2.45) is 0 Å². The van der Waals surface area contributed by atoms with Gasteiger partial charge in [-0.05, 0) is 25.7 Å². The number of aliphatic carboxylic acids is 1. The van der Waals surface area contributed by atoms with Gasteiger partial charge >= 0.3 is 5.97 Å². The Balaban J connectivity index is 1.90. The van der Waals surface area contributed by atoms with Gasteiger partial charge in [0.05, 0.1) is 0 Å². The first kappa shape index (κ1) is 18.4. The number of piperidine rings is 1. The Labute approximate surface area is 142 Å². The van der Waals surface area contributed by atoms with E-state index in [1.165, 1.54) is 0 Å². The summed E-state index contributed by atoms with van der Waals surface area (Å²) in [5.41, 5.74) is -0.180. The molecule has 1 aliphatic heterocycles. The van der Waals surface area contributed by atoms with Crippen LogP contribution in [0.25, 0.3) is 0 Å². The molecule has 0 bridgehead atoms. The molecular formula is C17H27N3O4. The molecule has 0 unspecified atom stereocenters. The lowest BCUT2D eigenvalue weighted by Gasteiger charge is -2.35. The van der Waals surface area contributed by atoms with Crippen molar-refractivity contribution >= 4 is 11.9 Å². The minimum absolute atomic E-state index is 0.0372. The third kappa shape index (κ3) is 5.04. The van der Waals surface area contributed by atoms with Gasteiger partial charge in [0.25, 0.3) is 0 Å². The minimum Gasteiger partial charge on any atom is -0.481 e. The molecular weight excluding hydrogens is 310 g/mol. The molecule has 0 saturated carbocycles. The van der Waals surface area contributed by atoms with Gasteiger partial charge in [0.15, 0.2) is 5.82 Å². The van der Waals surface area contributed by atoms with Crippen LogP contribution in [0, 0.1) is 0 Å². The number of likely N-dealkylation sites (tertiary alicyclic amines) is 1. The quantitative estimate of drug-likeness (QED) is 0.857. The Morgan fingerprint density at radius 1 is 1.29 bits per heavy atom.